The number of aromatic nitrogens is 2. The Hall–Kier alpha value is -3.20. The number of pyridine rings is 2. The van der Waals surface area contributed by atoms with Crippen molar-refractivity contribution in [1.82, 2.24) is 14.9 Å². The summed E-state index contributed by atoms with van der Waals surface area (Å²) >= 11 is 0. The van der Waals surface area contributed by atoms with Crippen molar-refractivity contribution in [3.63, 3.8) is 0 Å². The van der Waals surface area contributed by atoms with Gasteiger partial charge in [0.15, 0.2) is 0 Å². The van der Waals surface area contributed by atoms with Gasteiger partial charge >= 0.3 is 0 Å². The van der Waals surface area contributed by atoms with Crippen LogP contribution in [0.2, 0.25) is 0 Å². The zero-order chi connectivity index (χ0) is 21.2. The summed E-state index contributed by atoms with van der Waals surface area (Å²) in [5, 5.41) is 0. The molecule has 0 unspecified atom stereocenters. The number of aryl methyl sites for hydroxylation is 3. The molecule has 31 heavy (non-hydrogen) atoms. The van der Waals surface area contributed by atoms with Crippen molar-refractivity contribution in [2.45, 2.75) is 39.0 Å². The van der Waals surface area contributed by atoms with Gasteiger partial charge in [-0.1, -0.05) is 36.4 Å². The Morgan fingerprint density at radius 3 is 2.71 bits per heavy atom. The van der Waals surface area contributed by atoms with E-state index in [1.807, 2.05) is 18.6 Å². The SMILES string of the molecule is C=C(Cc1ccncc1)N1CCC/C(=C2/c3ccc(C)cc3CCc3cccnc32)C1. The standard InChI is InChI=1S/C28H29N3/c1-20-7-10-26-24(17-20)9-8-23-5-3-13-30-28(23)27(26)25-6-4-16-31(19-25)21(2)18-22-11-14-29-15-12-22/h3,5,7,10-15,17H,2,4,6,8-9,16,18-19H2,1H3/b27-25+. The first-order valence-corrected chi connectivity index (χ1v) is 11.3. The van der Waals surface area contributed by atoms with Gasteiger partial charge in [0, 0.05) is 49.4 Å². The highest BCUT2D eigenvalue weighted by Crippen LogP contribution is 2.38. The minimum absolute atomic E-state index is 0.871. The van der Waals surface area contributed by atoms with Crippen LogP contribution in [-0.4, -0.2) is 28.0 Å². The van der Waals surface area contributed by atoms with Gasteiger partial charge in [0.2, 0.25) is 0 Å². The molecule has 3 aromatic rings. The number of benzene rings is 1. The summed E-state index contributed by atoms with van der Waals surface area (Å²) in [6.45, 7) is 8.63. The van der Waals surface area contributed by atoms with Gasteiger partial charge in [-0.2, -0.15) is 0 Å². The van der Waals surface area contributed by atoms with Gasteiger partial charge in [-0.15, -0.1) is 0 Å². The van der Waals surface area contributed by atoms with Crippen molar-refractivity contribution in [3.05, 3.63) is 112 Å². The van der Waals surface area contributed by atoms with Crippen LogP contribution in [0.5, 0.6) is 0 Å². The summed E-state index contributed by atoms with van der Waals surface area (Å²) in [5.74, 6) is 0. The number of hydrogen-bond acceptors (Lipinski definition) is 3. The van der Waals surface area contributed by atoms with Crippen LogP contribution in [0.1, 0.15) is 46.4 Å². The average Bonchev–Trinajstić information content (AvgIpc) is 2.96. The second kappa shape index (κ2) is 8.50. The number of allylic oxidation sites excluding steroid dienone is 1. The number of piperidine rings is 1. The largest absolute Gasteiger partial charge is 0.371 e. The van der Waals surface area contributed by atoms with Crippen LogP contribution >= 0.6 is 0 Å². The Morgan fingerprint density at radius 1 is 1.00 bits per heavy atom. The topological polar surface area (TPSA) is 29.0 Å². The maximum Gasteiger partial charge on any atom is 0.0740 e. The second-order valence-corrected chi connectivity index (χ2v) is 8.77. The maximum atomic E-state index is 4.89. The van der Waals surface area contributed by atoms with Gasteiger partial charge in [-0.25, -0.2) is 0 Å². The van der Waals surface area contributed by atoms with Gasteiger partial charge in [0.05, 0.1) is 5.69 Å². The van der Waals surface area contributed by atoms with Crippen molar-refractivity contribution < 1.29 is 0 Å². The zero-order valence-corrected chi connectivity index (χ0v) is 18.3. The van der Waals surface area contributed by atoms with Crippen LogP contribution in [0.4, 0.5) is 0 Å². The summed E-state index contributed by atoms with van der Waals surface area (Å²) < 4.78 is 0. The zero-order valence-electron chi connectivity index (χ0n) is 18.3. The number of nitrogens with zero attached hydrogens (tertiary/aromatic N) is 3. The average molecular weight is 408 g/mol. The van der Waals surface area contributed by atoms with Gasteiger partial charge in [-0.3, -0.25) is 9.97 Å². The van der Waals surface area contributed by atoms with Gasteiger partial charge in [0.25, 0.3) is 0 Å². The molecule has 2 aliphatic rings. The highest BCUT2D eigenvalue weighted by molar-refractivity contribution is 5.84. The molecule has 0 spiro atoms. The molecular formula is C28H29N3. The Kier molecular flexibility index (Phi) is 5.42. The van der Waals surface area contributed by atoms with Crippen molar-refractivity contribution in [1.29, 1.82) is 0 Å². The lowest BCUT2D eigenvalue weighted by Gasteiger charge is -2.34. The first-order valence-electron chi connectivity index (χ1n) is 11.3. The van der Waals surface area contributed by atoms with E-state index in [9.17, 15) is 0 Å². The predicted molar refractivity (Wildman–Crippen MR) is 127 cm³/mol. The third-order valence-corrected chi connectivity index (χ3v) is 6.57. The summed E-state index contributed by atoms with van der Waals surface area (Å²) in [5.41, 5.74) is 12.0. The molecule has 3 heteroatoms. The number of hydrogen-bond donors (Lipinski definition) is 0. The van der Waals surface area contributed by atoms with E-state index in [-0.39, 0.29) is 0 Å². The smallest absolute Gasteiger partial charge is 0.0740 e. The van der Waals surface area contributed by atoms with Crippen molar-refractivity contribution in [2.75, 3.05) is 13.1 Å². The van der Waals surface area contributed by atoms with E-state index in [1.165, 1.54) is 50.4 Å². The predicted octanol–water partition coefficient (Wildman–Crippen LogP) is 5.54. The van der Waals surface area contributed by atoms with Crippen molar-refractivity contribution in [2.24, 2.45) is 0 Å². The molecule has 1 aliphatic heterocycles. The number of fused-ring (bicyclic) bond motifs is 2. The van der Waals surface area contributed by atoms with Crippen LogP contribution in [0.25, 0.3) is 5.57 Å². The molecule has 1 aliphatic carbocycles. The summed E-state index contributed by atoms with van der Waals surface area (Å²) in [6, 6.07) is 15.4. The fourth-order valence-electron chi connectivity index (χ4n) is 4.99. The molecule has 5 rings (SSSR count). The molecule has 3 heterocycles. The third-order valence-electron chi connectivity index (χ3n) is 6.57. The lowest BCUT2D eigenvalue weighted by atomic mass is 9.88. The summed E-state index contributed by atoms with van der Waals surface area (Å²) in [6.07, 6.45) is 10.9. The number of rotatable bonds is 3. The van der Waals surface area contributed by atoms with Crippen molar-refractivity contribution >= 4 is 5.57 Å². The van der Waals surface area contributed by atoms with Gasteiger partial charge in [-0.05, 0) is 78.6 Å². The monoisotopic (exact) mass is 407 g/mol. The first-order chi connectivity index (χ1) is 15.2. The third kappa shape index (κ3) is 4.05. The molecule has 1 aromatic carbocycles. The van der Waals surface area contributed by atoms with E-state index in [0.29, 0.717) is 0 Å². The molecule has 0 saturated carbocycles. The molecule has 156 valence electrons. The van der Waals surface area contributed by atoms with Gasteiger partial charge < -0.3 is 4.90 Å². The van der Waals surface area contributed by atoms with E-state index in [0.717, 1.165) is 45.2 Å². The molecule has 0 N–H and O–H groups in total. The normalized spacial score (nSPS) is 18.2. The molecule has 0 bridgehead atoms. The molecule has 3 nitrogen and oxygen atoms in total. The Bertz CT molecular complexity index is 1140. The molecule has 0 radical (unpaired) electrons. The van der Waals surface area contributed by atoms with E-state index >= 15 is 0 Å². The first kappa shape index (κ1) is 19.7. The van der Waals surface area contributed by atoms with Crippen LogP contribution in [0.3, 0.4) is 0 Å². The van der Waals surface area contributed by atoms with Crippen LogP contribution < -0.4 is 0 Å². The lowest BCUT2D eigenvalue weighted by Crippen LogP contribution is -2.31. The molecule has 0 atom stereocenters. The molecule has 1 saturated heterocycles. The van der Waals surface area contributed by atoms with E-state index in [1.54, 1.807) is 0 Å². The second-order valence-electron chi connectivity index (χ2n) is 8.77. The van der Waals surface area contributed by atoms with Crippen molar-refractivity contribution in [3.8, 4) is 0 Å². The summed E-state index contributed by atoms with van der Waals surface area (Å²) in [4.78, 5) is 11.5. The Balaban J connectivity index is 1.54. The van der Waals surface area contributed by atoms with E-state index < -0.39 is 0 Å². The molecular weight excluding hydrogens is 378 g/mol. The molecule has 2 aromatic heterocycles. The minimum atomic E-state index is 0.871. The fourth-order valence-corrected chi connectivity index (χ4v) is 4.99. The van der Waals surface area contributed by atoms with Crippen LogP contribution in [0, 0.1) is 6.92 Å². The number of likely N-dealkylation sites (tertiary alicyclic amines) is 1. The Morgan fingerprint density at radius 2 is 1.84 bits per heavy atom. The fraction of sp³-hybridized carbons (Fsp3) is 0.286. The Labute approximate surface area is 185 Å². The summed E-state index contributed by atoms with van der Waals surface area (Å²) in [7, 11) is 0. The quantitative estimate of drug-likeness (QED) is 0.571. The highest BCUT2D eigenvalue weighted by Gasteiger charge is 2.25. The molecule has 0 amide bonds. The minimum Gasteiger partial charge on any atom is -0.371 e. The van der Waals surface area contributed by atoms with E-state index in [4.69, 9.17) is 4.98 Å². The maximum absolute atomic E-state index is 4.89. The molecule has 1 fully saturated rings. The van der Waals surface area contributed by atoms with E-state index in [2.05, 4.69) is 65.9 Å². The lowest BCUT2D eigenvalue weighted by molar-refractivity contribution is 0.327. The van der Waals surface area contributed by atoms with Crippen LogP contribution in [0.15, 0.2) is 78.9 Å². The van der Waals surface area contributed by atoms with Gasteiger partial charge in [0.1, 0.15) is 0 Å². The highest BCUT2D eigenvalue weighted by atomic mass is 15.1. The van der Waals surface area contributed by atoms with Crippen LogP contribution in [-0.2, 0) is 19.3 Å².